The van der Waals surface area contributed by atoms with Crippen LogP contribution in [0.4, 0.5) is 5.82 Å². The van der Waals surface area contributed by atoms with Crippen molar-refractivity contribution in [2.75, 3.05) is 5.32 Å². The molecule has 3 heterocycles. The van der Waals surface area contributed by atoms with Crippen molar-refractivity contribution in [1.29, 1.82) is 0 Å². The van der Waals surface area contributed by atoms with Crippen LogP contribution in [0.1, 0.15) is 64.7 Å². The molecular formula is C27H34ClN5O. The number of fused-ring (bicyclic) bond motifs is 1. The number of carbonyl (C=O) groups excluding carboxylic acids is 1. The van der Waals surface area contributed by atoms with Crippen molar-refractivity contribution in [2.45, 2.75) is 76.8 Å². The number of anilines is 1. The Morgan fingerprint density at radius 2 is 1.76 bits per heavy atom. The highest BCUT2D eigenvalue weighted by Gasteiger charge is 2.27. The first-order valence-corrected chi connectivity index (χ1v) is 13.0. The molecule has 0 aromatic carbocycles. The van der Waals surface area contributed by atoms with E-state index in [0.29, 0.717) is 17.2 Å². The van der Waals surface area contributed by atoms with Gasteiger partial charge >= 0.3 is 0 Å². The predicted octanol–water partition coefficient (Wildman–Crippen LogP) is 6.33. The molecule has 0 unspecified atom stereocenters. The van der Waals surface area contributed by atoms with Gasteiger partial charge in [-0.15, -0.1) is 0 Å². The number of halogens is 1. The Kier molecular flexibility index (Phi) is 7.05. The molecular weight excluding hydrogens is 446 g/mol. The molecule has 0 bridgehead atoms. The summed E-state index contributed by atoms with van der Waals surface area (Å²) in [5.74, 6) is 2.60. The predicted molar refractivity (Wildman–Crippen MR) is 138 cm³/mol. The summed E-state index contributed by atoms with van der Waals surface area (Å²) in [6.45, 7) is 1.62. The van der Waals surface area contributed by atoms with Crippen molar-refractivity contribution in [3.05, 3.63) is 41.8 Å². The molecule has 3 N–H and O–H groups in total. The number of nitrogens with zero attached hydrogens (tertiary/aromatic N) is 2. The molecule has 3 aromatic heterocycles. The lowest BCUT2D eigenvalue weighted by Gasteiger charge is -2.34. The largest absolute Gasteiger partial charge is 0.367 e. The van der Waals surface area contributed by atoms with E-state index in [-0.39, 0.29) is 5.91 Å². The fourth-order valence-corrected chi connectivity index (χ4v) is 6.18. The van der Waals surface area contributed by atoms with Crippen molar-refractivity contribution >= 4 is 34.4 Å². The number of rotatable bonds is 6. The molecule has 3 aromatic rings. The van der Waals surface area contributed by atoms with Gasteiger partial charge < -0.3 is 15.6 Å². The maximum absolute atomic E-state index is 11.3. The first-order chi connectivity index (χ1) is 16.5. The minimum atomic E-state index is 0.106. The molecule has 0 saturated heterocycles. The Morgan fingerprint density at radius 1 is 1.06 bits per heavy atom. The van der Waals surface area contributed by atoms with Crippen molar-refractivity contribution < 1.29 is 4.79 Å². The van der Waals surface area contributed by atoms with Gasteiger partial charge in [0.25, 0.3) is 0 Å². The summed E-state index contributed by atoms with van der Waals surface area (Å²) in [5.41, 5.74) is 3.01. The molecule has 2 aliphatic rings. The van der Waals surface area contributed by atoms with Gasteiger partial charge in [-0.1, -0.05) is 11.6 Å². The number of amides is 1. The van der Waals surface area contributed by atoms with Crippen molar-refractivity contribution in [2.24, 2.45) is 11.8 Å². The normalized spacial score (nSPS) is 25.2. The third-order valence-electron chi connectivity index (χ3n) is 7.68. The molecule has 5 rings (SSSR count). The highest BCUT2D eigenvalue weighted by atomic mass is 35.5. The Hall–Kier alpha value is -2.60. The highest BCUT2D eigenvalue weighted by molar-refractivity contribution is 6.29. The first-order valence-electron chi connectivity index (χ1n) is 12.7. The minimum Gasteiger partial charge on any atom is -0.367 e. The lowest BCUT2D eigenvalue weighted by atomic mass is 9.75. The van der Waals surface area contributed by atoms with Crippen LogP contribution in [0.15, 0.2) is 36.7 Å². The summed E-state index contributed by atoms with van der Waals surface area (Å²) < 4.78 is 0. The van der Waals surface area contributed by atoms with Gasteiger partial charge in [0.05, 0.1) is 0 Å². The zero-order chi connectivity index (χ0) is 23.5. The molecule has 34 heavy (non-hydrogen) atoms. The average molecular weight is 480 g/mol. The second kappa shape index (κ2) is 10.3. The van der Waals surface area contributed by atoms with Crippen molar-refractivity contribution in [3.63, 3.8) is 0 Å². The maximum Gasteiger partial charge on any atom is 0.217 e. The molecule has 2 aliphatic carbocycles. The van der Waals surface area contributed by atoms with Crippen LogP contribution in [0.3, 0.4) is 0 Å². The van der Waals surface area contributed by atoms with Gasteiger partial charge in [-0.2, -0.15) is 0 Å². The van der Waals surface area contributed by atoms with Crippen LogP contribution in [0, 0.1) is 11.8 Å². The smallest absolute Gasteiger partial charge is 0.217 e. The second-order valence-corrected chi connectivity index (χ2v) is 10.6. The van der Waals surface area contributed by atoms with E-state index in [4.69, 9.17) is 11.6 Å². The van der Waals surface area contributed by atoms with Gasteiger partial charge in [0, 0.05) is 42.4 Å². The number of hydrogen-bond donors (Lipinski definition) is 3. The fraction of sp³-hybridized carbons (Fsp3) is 0.519. The van der Waals surface area contributed by atoms with Gasteiger partial charge in [-0.25, -0.2) is 9.97 Å². The molecule has 1 amide bonds. The van der Waals surface area contributed by atoms with Gasteiger partial charge in [-0.3, -0.25) is 4.79 Å². The molecule has 7 heteroatoms. The van der Waals surface area contributed by atoms with Crippen LogP contribution in [-0.4, -0.2) is 32.9 Å². The Bertz CT molecular complexity index is 1130. The van der Waals surface area contributed by atoms with Crippen LogP contribution in [-0.2, 0) is 4.79 Å². The number of nitrogens with one attached hydrogen (secondary N) is 3. The van der Waals surface area contributed by atoms with E-state index in [1.165, 1.54) is 44.9 Å². The third kappa shape index (κ3) is 5.54. The minimum absolute atomic E-state index is 0.106. The molecule has 0 radical (unpaired) electrons. The first kappa shape index (κ1) is 23.2. The lowest BCUT2D eigenvalue weighted by Crippen LogP contribution is -2.36. The summed E-state index contributed by atoms with van der Waals surface area (Å²) in [5, 5.41) is 8.34. The summed E-state index contributed by atoms with van der Waals surface area (Å²) in [7, 11) is 0. The van der Waals surface area contributed by atoms with Crippen molar-refractivity contribution in [3.8, 4) is 11.1 Å². The highest BCUT2D eigenvalue weighted by Crippen LogP contribution is 2.37. The van der Waals surface area contributed by atoms with E-state index in [2.05, 4.69) is 37.7 Å². The number of aromatic nitrogens is 3. The second-order valence-electron chi connectivity index (χ2n) is 10.2. The van der Waals surface area contributed by atoms with E-state index in [0.717, 1.165) is 52.7 Å². The average Bonchev–Trinajstić information content (AvgIpc) is 3.25. The quantitative estimate of drug-likeness (QED) is 0.360. The zero-order valence-electron chi connectivity index (χ0n) is 19.8. The Morgan fingerprint density at radius 3 is 2.47 bits per heavy atom. The molecule has 6 nitrogen and oxygen atoms in total. The SMILES string of the molecule is CC(=O)NC1CCC(CC2CCC(Nc3cc(-c4c[nH]c5ncccc45)cc(Cl)n3)CC2)CC1. The monoisotopic (exact) mass is 479 g/mol. The Labute approximate surface area is 206 Å². The van der Waals surface area contributed by atoms with Gasteiger partial charge in [0.15, 0.2) is 0 Å². The molecule has 0 aliphatic heterocycles. The van der Waals surface area contributed by atoms with Crippen LogP contribution < -0.4 is 10.6 Å². The fourth-order valence-electron chi connectivity index (χ4n) is 5.97. The van der Waals surface area contributed by atoms with Crippen LogP contribution in [0.2, 0.25) is 5.15 Å². The van der Waals surface area contributed by atoms with E-state index < -0.39 is 0 Å². The number of hydrogen-bond acceptors (Lipinski definition) is 4. The maximum atomic E-state index is 11.3. The van der Waals surface area contributed by atoms with E-state index in [9.17, 15) is 4.79 Å². The van der Waals surface area contributed by atoms with Gasteiger partial charge in [-0.05, 0) is 99.5 Å². The van der Waals surface area contributed by atoms with E-state index in [1.54, 1.807) is 13.1 Å². The van der Waals surface area contributed by atoms with E-state index >= 15 is 0 Å². The molecule has 2 fully saturated rings. The van der Waals surface area contributed by atoms with E-state index in [1.807, 2.05) is 18.3 Å². The number of carbonyl (C=O) groups is 1. The van der Waals surface area contributed by atoms with Crippen LogP contribution in [0.5, 0.6) is 0 Å². The number of aromatic amines is 1. The van der Waals surface area contributed by atoms with Gasteiger partial charge in [0.2, 0.25) is 5.91 Å². The summed E-state index contributed by atoms with van der Waals surface area (Å²) in [4.78, 5) is 23.5. The standard InChI is InChI=1S/C27H34ClN5O/c1-17(34)31-21-8-4-18(5-9-21)13-19-6-10-22(11-7-19)32-26-15-20(14-25(28)33-26)24-16-30-27-23(24)3-2-12-29-27/h2-3,12,14-16,18-19,21-22H,4-11,13H2,1H3,(H,29,30)(H,31,34)(H,32,33). The summed E-state index contributed by atoms with van der Waals surface area (Å²) in [6.07, 6.45) is 14.8. The van der Waals surface area contributed by atoms with Crippen LogP contribution >= 0.6 is 11.6 Å². The zero-order valence-corrected chi connectivity index (χ0v) is 20.6. The number of H-pyrrole nitrogens is 1. The Balaban J connectivity index is 1.15. The molecule has 2 saturated carbocycles. The van der Waals surface area contributed by atoms with Crippen LogP contribution in [0.25, 0.3) is 22.2 Å². The molecule has 0 spiro atoms. The molecule has 180 valence electrons. The topological polar surface area (TPSA) is 82.7 Å². The summed E-state index contributed by atoms with van der Waals surface area (Å²) in [6, 6.07) is 8.87. The number of pyridine rings is 2. The van der Waals surface area contributed by atoms with Gasteiger partial charge in [0.1, 0.15) is 16.6 Å². The third-order valence-corrected chi connectivity index (χ3v) is 7.87. The lowest BCUT2D eigenvalue weighted by molar-refractivity contribution is -0.119. The molecule has 0 atom stereocenters. The van der Waals surface area contributed by atoms with Crippen molar-refractivity contribution in [1.82, 2.24) is 20.3 Å². The summed E-state index contributed by atoms with van der Waals surface area (Å²) >= 11 is 6.41.